The largest absolute Gasteiger partial charge is 0.507 e. The standard InChI is InChI=1S/C32H26F3N3O5S/c1-19-36-31(43-38-19)28(18-23-5-3-4-6-26(23)21-9-14-25(15-10-21)44(2,41)42)37-30(40)27-17-22(11-16-29(27)39)20-7-12-24(13-8-20)32(33,34)35/h3-17,28,39H,18H2,1-2H3,(H,37,40). The first-order valence-electron chi connectivity index (χ1n) is 13.3. The summed E-state index contributed by atoms with van der Waals surface area (Å²) in [5, 5.41) is 17.2. The van der Waals surface area contributed by atoms with E-state index in [1.54, 1.807) is 19.1 Å². The molecule has 5 rings (SSSR count). The number of benzene rings is 4. The summed E-state index contributed by atoms with van der Waals surface area (Å²) in [5.74, 6) is -0.537. The highest BCUT2D eigenvalue weighted by Crippen LogP contribution is 2.33. The summed E-state index contributed by atoms with van der Waals surface area (Å²) in [6.07, 6.45) is -3.16. The summed E-state index contributed by atoms with van der Waals surface area (Å²) in [5.41, 5.74) is 2.26. The minimum Gasteiger partial charge on any atom is -0.507 e. The van der Waals surface area contributed by atoms with Crippen LogP contribution < -0.4 is 5.32 Å². The molecule has 5 aromatic rings. The van der Waals surface area contributed by atoms with E-state index in [0.29, 0.717) is 17.0 Å². The number of hydrogen-bond acceptors (Lipinski definition) is 7. The second kappa shape index (κ2) is 12.0. The Labute approximate surface area is 251 Å². The third kappa shape index (κ3) is 6.81. The summed E-state index contributed by atoms with van der Waals surface area (Å²) in [7, 11) is -3.38. The second-order valence-electron chi connectivity index (χ2n) is 10.2. The summed E-state index contributed by atoms with van der Waals surface area (Å²) in [4.78, 5) is 18.0. The molecule has 0 fully saturated rings. The number of halogens is 3. The first kappa shape index (κ1) is 30.5. The number of aromatic nitrogens is 2. The normalized spacial score (nSPS) is 12.6. The zero-order chi connectivity index (χ0) is 31.6. The van der Waals surface area contributed by atoms with Crippen LogP contribution in [-0.2, 0) is 22.4 Å². The van der Waals surface area contributed by atoms with E-state index in [0.717, 1.165) is 35.1 Å². The van der Waals surface area contributed by atoms with E-state index in [2.05, 4.69) is 15.5 Å². The van der Waals surface area contributed by atoms with E-state index >= 15 is 0 Å². The Morgan fingerprint density at radius 1 is 0.932 bits per heavy atom. The fourth-order valence-corrected chi connectivity index (χ4v) is 5.35. The molecule has 4 aromatic carbocycles. The van der Waals surface area contributed by atoms with Gasteiger partial charge >= 0.3 is 6.18 Å². The maximum atomic E-state index is 13.5. The molecule has 0 saturated heterocycles. The van der Waals surface area contributed by atoms with Crippen LogP contribution >= 0.6 is 0 Å². The SMILES string of the molecule is Cc1noc(C(Cc2ccccc2-c2ccc(S(C)(=O)=O)cc2)NC(=O)c2cc(-c3ccc(C(F)(F)F)cc3)ccc2O)n1. The maximum absolute atomic E-state index is 13.5. The van der Waals surface area contributed by atoms with Crippen LogP contribution in [0.2, 0.25) is 0 Å². The number of alkyl halides is 3. The second-order valence-corrected chi connectivity index (χ2v) is 12.2. The van der Waals surface area contributed by atoms with Gasteiger partial charge in [-0.2, -0.15) is 18.2 Å². The van der Waals surface area contributed by atoms with Crippen molar-refractivity contribution < 1.29 is 36.0 Å². The van der Waals surface area contributed by atoms with Crippen LogP contribution in [0.1, 0.15) is 39.2 Å². The van der Waals surface area contributed by atoms with Gasteiger partial charge < -0.3 is 14.9 Å². The van der Waals surface area contributed by atoms with E-state index in [1.165, 1.54) is 42.5 Å². The highest BCUT2D eigenvalue weighted by atomic mass is 32.2. The number of sulfone groups is 1. The van der Waals surface area contributed by atoms with E-state index in [-0.39, 0.29) is 28.5 Å². The Morgan fingerprint density at radius 3 is 2.18 bits per heavy atom. The molecule has 1 atom stereocenters. The van der Waals surface area contributed by atoms with Crippen molar-refractivity contribution >= 4 is 15.7 Å². The first-order valence-corrected chi connectivity index (χ1v) is 15.2. The fourth-order valence-electron chi connectivity index (χ4n) is 4.72. The highest BCUT2D eigenvalue weighted by Gasteiger charge is 2.30. The van der Waals surface area contributed by atoms with Crippen LogP contribution in [0.4, 0.5) is 13.2 Å². The van der Waals surface area contributed by atoms with Crippen molar-refractivity contribution in [2.45, 2.75) is 30.5 Å². The molecule has 8 nitrogen and oxygen atoms in total. The third-order valence-corrected chi connectivity index (χ3v) is 8.10. The van der Waals surface area contributed by atoms with Gasteiger partial charge in [0.2, 0.25) is 5.89 Å². The van der Waals surface area contributed by atoms with Gasteiger partial charge in [0, 0.05) is 12.7 Å². The monoisotopic (exact) mass is 621 g/mol. The molecule has 1 aromatic heterocycles. The highest BCUT2D eigenvalue weighted by molar-refractivity contribution is 7.90. The Kier molecular flexibility index (Phi) is 8.29. The fraction of sp³-hybridized carbons (Fsp3) is 0.156. The molecule has 0 saturated carbocycles. The molecular formula is C32H26F3N3O5S. The van der Waals surface area contributed by atoms with Crippen molar-refractivity contribution in [1.82, 2.24) is 15.5 Å². The molecule has 2 N–H and O–H groups in total. The van der Waals surface area contributed by atoms with Gasteiger partial charge in [-0.3, -0.25) is 4.79 Å². The number of phenols is 1. The smallest absolute Gasteiger partial charge is 0.416 e. The average molecular weight is 622 g/mol. The number of nitrogens with zero attached hydrogens (tertiary/aromatic N) is 2. The molecule has 0 radical (unpaired) electrons. The molecule has 1 unspecified atom stereocenters. The van der Waals surface area contributed by atoms with Crippen molar-refractivity contribution in [3.8, 4) is 28.0 Å². The number of aryl methyl sites for hydroxylation is 1. The van der Waals surface area contributed by atoms with Crippen molar-refractivity contribution in [2.75, 3.05) is 6.26 Å². The van der Waals surface area contributed by atoms with Gasteiger partial charge in [-0.05, 0) is 71.1 Å². The van der Waals surface area contributed by atoms with Gasteiger partial charge in [-0.15, -0.1) is 0 Å². The Hall–Kier alpha value is -4.97. The van der Waals surface area contributed by atoms with Gasteiger partial charge in [0.25, 0.3) is 5.91 Å². The number of hydrogen-bond donors (Lipinski definition) is 2. The molecule has 44 heavy (non-hydrogen) atoms. The number of nitrogens with one attached hydrogen (secondary N) is 1. The van der Waals surface area contributed by atoms with E-state index in [1.807, 2.05) is 24.3 Å². The van der Waals surface area contributed by atoms with Gasteiger partial charge in [-0.25, -0.2) is 8.42 Å². The average Bonchev–Trinajstić information content (AvgIpc) is 3.42. The number of rotatable bonds is 8. The van der Waals surface area contributed by atoms with Gasteiger partial charge in [0.1, 0.15) is 11.8 Å². The lowest BCUT2D eigenvalue weighted by atomic mass is 9.94. The van der Waals surface area contributed by atoms with Crippen LogP contribution in [0.15, 0.2) is 100 Å². The number of carbonyl (C=O) groups is 1. The Balaban J connectivity index is 1.45. The predicted molar refractivity (Wildman–Crippen MR) is 156 cm³/mol. The van der Waals surface area contributed by atoms with Gasteiger partial charge in [-0.1, -0.05) is 59.8 Å². The minimum absolute atomic E-state index is 0.103. The van der Waals surface area contributed by atoms with E-state index < -0.39 is 33.5 Å². The minimum atomic E-state index is -4.49. The van der Waals surface area contributed by atoms with Crippen molar-refractivity contribution in [3.63, 3.8) is 0 Å². The van der Waals surface area contributed by atoms with Gasteiger partial charge in [0.15, 0.2) is 15.7 Å². The maximum Gasteiger partial charge on any atom is 0.416 e. The van der Waals surface area contributed by atoms with Crippen LogP contribution in [0.25, 0.3) is 22.3 Å². The molecule has 0 bridgehead atoms. The predicted octanol–water partition coefficient (Wildman–Crippen LogP) is 6.55. The van der Waals surface area contributed by atoms with Crippen LogP contribution in [0, 0.1) is 6.92 Å². The number of aromatic hydroxyl groups is 1. The topological polar surface area (TPSA) is 122 Å². The molecule has 0 aliphatic heterocycles. The summed E-state index contributed by atoms with van der Waals surface area (Å²) in [6, 6.07) is 21.6. The molecular weight excluding hydrogens is 595 g/mol. The number of carbonyl (C=O) groups excluding carboxylic acids is 1. The molecule has 12 heteroatoms. The lowest BCUT2D eigenvalue weighted by molar-refractivity contribution is -0.137. The Bertz CT molecular complexity index is 1920. The zero-order valence-electron chi connectivity index (χ0n) is 23.5. The summed E-state index contributed by atoms with van der Waals surface area (Å²) >= 11 is 0. The lowest BCUT2D eigenvalue weighted by Gasteiger charge is -2.18. The molecule has 1 amide bonds. The molecule has 0 aliphatic rings. The quantitative estimate of drug-likeness (QED) is 0.201. The number of phenolic OH excluding ortho intramolecular Hbond substituents is 1. The van der Waals surface area contributed by atoms with Crippen molar-refractivity contribution in [2.24, 2.45) is 0 Å². The lowest BCUT2D eigenvalue weighted by Crippen LogP contribution is -2.30. The van der Waals surface area contributed by atoms with Crippen LogP contribution in [-0.4, -0.2) is 35.8 Å². The molecule has 226 valence electrons. The Morgan fingerprint density at radius 2 is 1.57 bits per heavy atom. The van der Waals surface area contributed by atoms with E-state index in [4.69, 9.17) is 4.52 Å². The molecule has 1 heterocycles. The van der Waals surface area contributed by atoms with Crippen LogP contribution in [0.3, 0.4) is 0 Å². The number of amides is 1. The molecule has 0 spiro atoms. The molecule has 0 aliphatic carbocycles. The van der Waals surface area contributed by atoms with Crippen molar-refractivity contribution in [3.05, 3.63) is 119 Å². The van der Waals surface area contributed by atoms with E-state index in [9.17, 15) is 31.5 Å². The van der Waals surface area contributed by atoms with Crippen LogP contribution in [0.5, 0.6) is 5.75 Å². The summed E-state index contributed by atoms with van der Waals surface area (Å²) in [6.45, 7) is 1.63. The first-order chi connectivity index (χ1) is 20.8. The third-order valence-electron chi connectivity index (χ3n) is 6.97. The summed E-state index contributed by atoms with van der Waals surface area (Å²) < 4.78 is 68.3. The van der Waals surface area contributed by atoms with Crippen molar-refractivity contribution in [1.29, 1.82) is 0 Å². The van der Waals surface area contributed by atoms with Gasteiger partial charge in [0.05, 0.1) is 16.0 Å². The zero-order valence-corrected chi connectivity index (χ0v) is 24.3.